The predicted molar refractivity (Wildman–Crippen MR) is 87.9 cm³/mol. The summed E-state index contributed by atoms with van der Waals surface area (Å²) in [7, 11) is 0. The Labute approximate surface area is 135 Å². The molecule has 4 nitrogen and oxygen atoms in total. The number of carbonyl (C=O) groups excluding carboxylic acids is 1. The van der Waals surface area contributed by atoms with Crippen molar-refractivity contribution in [2.75, 3.05) is 13.1 Å². The number of nitrogens with zero attached hydrogens (tertiary/aromatic N) is 1. The second-order valence-corrected chi connectivity index (χ2v) is 7.10. The van der Waals surface area contributed by atoms with Crippen LogP contribution in [0.2, 0.25) is 0 Å². The van der Waals surface area contributed by atoms with Crippen molar-refractivity contribution < 1.29 is 14.7 Å². The third kappa shape index (κ3) is 4.03. The summed E-state index contributed by atoms with van der Waals surface area (Å²) in [4.78, 5) is 26.8. The first kappa shape index (κ1) is 16.9. The van der Waals surface area contributed by atoms with Crippen molar-refractivity contribution in [1.29, 1.82) is 0 Å². The lowest BCUT2D eigenvalue weighted by Gasteiger charge is -2.36. The van der Waals surface area contributed by atoms with Crippen LogP contribution in [0, 0.1) is 11.8 Å². The van der Waals surface area contributed by atoms with E-state index in [0.717, 1.165) is 11.3 Å². The number of carboxylic acids is 1. The van der Waals surface area contributed by atoms with E-state index in [0.29, 0.717) is 19.5 Å². The number of piperidine rings is 1. The molecule has 0 radical (unpaired) electrons. The minimum absolute atomic E-state index is 0.00873. The zero-order chi connectivity index (χ0) is 16.1. The van der Waals surface area contributed by atoms with Gasteiger partial charge in [-0.25, -0.2) is 0 Å². The monoisotopic (exact) mass is 321 g/mol. The van der Waals surface area contributed by atoms with Gasteiger partial charge < -0.3 is 10.0 Å². The number of rotatable bonds is 5. The Morgan fingerprint density at radius 2 is 2.05 bits per heavy atom. The molecule has 1 aliphatic heterocycles. The number of aliphatic carboxylic acids is 1. The Hall–Kier alpha value is -1.49. The quantitative estimate of drug-likeness (QED) is 0.847. The van der Waals surface area contributed by atoms with Gasteiger partial charge in [0.25, 0.3) is 0 Å². The van der Waals surface area contributed by atoms with Crippen molar-refractivity contribution in [2.24, 2.45) is 11.8 Å². The smallest absolute Gasteiger partial charge is 0.306 e. The average Bonchev–Trinajstić information content (AvgIpc) is 2.52. The molecule has 0 spiro atoms. The fourth-order valence-corrected chi connectivity index (χ4v) is 3.95. The Morgan fingerprint density at radius 3 is 2.59 bits per heavy atom. The summed E-state index contributed by atoms with van der Waals surface area (Å²) in [5, 5.41) is 9.08. The highest BCUT2D eigenvalue weighted by Gasteiger charge is 2.34. The summed E-state index contributed by atoms with van der Waals surface area (Å²) in [5.74, 6) is -0.933. The molecule has 22 heavy (non-hydrogen) atoms. The van der Waals surface area contributed by atoms with Crippen molar-refractivity contribution in [3.05, 3.63) is 30.3 Å². The summed E-state index contributed by atoms with van der Waals surface area (Å²) >= 11 is 1.59. The number of carbonyl (C=O) groups is 2. The summed E-state index contributed by atoms with van der Waals surface area (Å²) in [6, 6.07) is 9.94. The molecular weight excluding hydrogens is 298 g/mol. The molecule has 3 atom stereocenters. The molecule has 0 aromatic heterocycles. The van der Waals surface area contributed by atoms with Crippen molar-refractivity contribution in [1.82, 2.24) is 4.90 Å². The number of likely N-dealkylation sites (tertiary alicyclic amines) is 1. The highest BCUT2D eigenvalue weighted by Crippen LogP contribution is 2.29. The number of carboxylic acid groups (broad SMARTS) is 1. The third-order valence-corrected chi connectivity index (χ3v) is 5.57. The van der Waals surface area contributed by atoms with E-state index in [4.69, 9.17) is 0 Å². The van der Waals surface area contributed by atoms with Crippen molar-refractivity contribution >= 4 is 23.6 Å². The Morgan fingerprint density at radius 1 is 1.36 bits per heavy atom. The van der Waals surface area contributed by atoms with Crippen LogP contribution in [0.1, 0.15) is 26.7 Å². The Balaban J connectivity index is 1.99. The lowest BCUT2D eigenvalue weighted by molar-refractivity contribution is -0.148. The predicted octanol–water partition coefficient (Wildman–Crippen LogP) is 3.13. The van der Waals surface area contributed by atoms with Crippen LogP contribution in [-0.2, 0) is 9.59 Å². The SMILES string of the molecule is CCC(Sc1ccccc1)C(=O)N1CCC(C(=O)O)C(C)C1. The molecule has 0 aliphatic carbocycles. The van der Waals surface area contributed by atoms with Gasteiger partial charge in [-0.05, 0) is 30.9 Å². The van der Waals surface area contributed by atoms with Gasteiger partial charge in [-0.2, -0.15) is 0 Å². The van der Waals surface area contributed by atoms with Crippen LogP contribution in [0.15, 0.2) is 35.2 Å². The van der Waals surface area contributed by atoms with Gasteiger partial charge in [0.15, 0.2) is 0 Å². The molecule has 1 aromatic carbocycles. The maximum atomic E-state index is 12.7. The first-order valence-electron chi connectivity index (χ1n) is 7.76. The van der Waals surface area contributed by atoms with Crippen LogP contribution in [0.4, 0.5) is 0 Å². The molecule has 1 N–H and O–H groups in total. The average molecular weight is 321 g/mol. The normalized spacial score (nSPS) is 23.1. The van der Waals surface area contributed by atoms with E-state index < -0.39 is 5.97 Å². The van der Waals surface area contributed by atoms with Gasteiger partial charge in [-0.15, -0.1) is 11.8 Å². The highest BCUT2D eigenvalue weighted by atomic mass is 32.2. The molecule has 1 amide bonds. The molecule has 1 saturated heterocycles. The van der Waals surface area contributed by atoms with Crippen molar-refractivity contribution in [2.45, 2.75) is 36.8 Å². The maximum absolute atomic E-state index is 12.7. The number of benzene rings is 1. The van der Waals surface area contributed by atoms with Crippen LogP contribution < -0.4 is 0 Å². The minimum Gasteiger partial charge on any atom is -0.481 e. The molecular formula is C17H23NO3S. The molecule has 1 heterocycles. The lowest BCUT2D eigenvalue weighted by atomic mass is 9.87. The molecule has 3 unspecified atom stereocenters. The molecule has 1 aliphatic rings. The molecule has 1 fully saturated rings. The van der Waals surface area contributed by atoms with Crippen LogP contribution in [-0.4, -0.2) is 40.2 Å². The van der Waals surface area contributed by atoms with Gasteiger partial charge in [0.1, 0.15) is 0 Å². The zero-order valence-corrected chi connectivity index (χ0v) is 13.9. The van der Waals surface area contributed by atoms with Gasteiger partial charge in [0, 0.05) is 18.0 Å². The molecule has 0 saturated carbocycles. The van der Waals surface area contributed by atoms with Gasteiger partial charge in [0.2, 0.25) is 5.91 Å². The number of amides is 1. The van der Waals surface area contributed by atoms with E-state index in [1.807, 2.05) is 49.1 Å². The van der Waals surface area contributed by atoms with E-state index in [1.54, 1.807) is 11.8 Å². The minimum atomic E-state index is -0.745. The molecule has 2 rings (SSSR count). The standard InChI is InChI=1S/C17H23NO3S/c1-3-15(22-13-7-5-4-6-8-13)16(19)18-10-9-14(17(20)21)12(2)11-18/h4-8,12,14-15H,3,9-11H2,1-2H3,(H,20,21). The van der Waals surface area contributed by atoms with Crippen LogP contribution in [0.3, 0.4) is 0 Å². The zero-order valence-electron chi connectivity index (χ0n) is 13.1. The lowest BCUT2D eigenvalue weighted by Crippen LogP contribution is -2.47. The van der Waals surface area contributed by atoms with E-state index in [9.17, 15) is 14.7 Å². The number of hydrogen-bond acceptors (Lipinski definition) is 3. The van der Waals surface area contributed by atoms with Crippen LogP contribution in [0.25, 0.3) is 0 Å². The van der Waals surface area contributed by atoms with Gasteiger partial charge in [-0.1, -0.05) is 32.0 Å². The molecule has 0 bridgehead atoms. The molecule has 5 heteroatoms. The van der Waals surface area contributed by atoms with Crippen molar-refractivity contribution in [3.63, 3.8) is 0 Å². The van der Waals surface area contributed by atoms with E-state index in [-0.39, 0.29) is 23.0 Å². The summed E-state index contributed by atoms with van der Waals surface area (Å²) in [5.41, 5.74) is 0. The van der Waals surface area contributed by atoms with E-state index >= 15 is 0 Å². The fraction of sp³-hybridized carbons (Fsp3) is 0.529. The second-order valence-electron chi connectivity index (χ2n) is 5.82. The second kappa shape index (κ2) is 7.68. The summed E-state index contributed by atoms with van der Waals surface area (Å²) < 4.78 is 0. The van der Waals surface area contributed by atoms with Crippen molar-refractivity contribution in [3.8, 4) is 0 Å². The highest BCUT2D eigenvalue weighted by molar-refractivity contribution is 8.00. The first-order valence-corrected chi connectivity index (χ1v) is 8.64. The first-order chi connectivity index (χ1) is 10.5. The van der Waals surface area contributed by atoms with E-state index in [2.05, 4.69) is 0 Å². The topological polar surface area (TPSA) is 57.6 Å². The van der Waals surface area contributed by atoms with Gasteiger partial charge in [0.05, 0.1) is 11.2 Å². The summed E-state index contributed by atoms with van der Waals surface area (Å²) in [6.07, 6.45) is 1.32. The Kier molecular flexibility index (Phi) is 5.89. The largest absolute Gasteiger partial charge is 0.481 e. The number of thioether (sulfide) groups is 1. The fourth-order valence-electron chi connectivity index (χ4n) is 2.89. The van der Waals surface area contributed by atoms with Gasteiger partial charge in [-0.3, -0.25) is 9.59 Å². The molecule has 120 valence electrons. The number of hydrogen-bond donors (Lipinski definition) is 1. The molecule has 1 aromatic rings. The third-order valence-electron chi connectivity index (χ3n) is 4.20. The van der Waals surface area contributed by atoms with E-state index in [1.165, 1.54) is 0 Å². The maximum Gasteiger partial charge on any atom is 0.306 e. The van der Waals surface area contributed by atoms with Crippen LogP contribution in [0.5, 0.6) is 0 Å². The van der Waals surface area contributed by atoms with Crippen LogP contribution >= 0.6 is 11.8 Å². The van der Waals surface area contributed by atoms with Gasteiger partial charge >= 0.3 is 5.97 Å². The Bertz CT molecular complexity index is 520. The summed E-state index contributed by atoms with van der Waals surface area (Å²) in [6.45, 7) is 5.03.